The number of imide groups is 1. The highest BCUT2D eigenvalue weighted by molar-refractivity contribution is 6.05. The number of fused-ring (bicyclic) bond motifs is 1. The average molecular weight is 279 g/mol. The molecule has 1 heterocycles. The minimum Gasteiger partial charge on any atom is -0.481 e. The van der Waals surface area contributed by atoms with Crippen LogP contribution >= 0.6 is 0 Å². The number of hydrogen-bond donors (Lipinski definition) is 1. The van der Waals surface area contributed by atoms with Gasteiger partial charge >= 0.3 is 5.97 Å². The van der Waals surface area contributed by atoms with Crippen LogP contribution < -0.4 is 0 Å². The summed E-state index contributed by atoms with van der Waals surface area (Å²) in [5.41, 5.74) is 0. The molecule has 0 bridgehead atoms. The summed E-state index contributed by atoms with van der Waals surface area (Å²) >= 11 is 0. The number of nitrogens with zero attached hydrogens (tertiary/aromatic N) is 1. The van der Waals surface area contributed by atoms with Gasteiger partial charge in [-0.15, -0.1) is 0 Å². The molecule has 1 unspecified atom stereocenters. The molecule has 1 fully saturated rings. The summed E-state index contributed by atoms with van der Waals surface area (Å²) in [7, 11) is 0. The molecule has 0 aromatic heterocycles. The Bertz CT molecular complexity index is 417. The van der Waals surface area contributed by atoms with Crippen molar-refractivity contribution in [3.63, 3.8) is 0 Å². The molecule has 0 spiro atoms. The van der Waals surface area contributed by atoms with E-state index >= 15 is 0 Å². The molecule has 3 atom stereocenters. The largest absolute Gasteiger partial charge is 0.481 e. The van der Waals surface area contributed by atoms with Crippen molar-refractivity contribution in [2.24, 2.45) is 17.8 Å². The van der Waals surface area contributed by atoms with Crippen LogP contribution in [-0.4, -0.2) is 34.3 Å². The van der Waals surface area contributed by atoms with Crippen molar-refractivity contribution in [1.82, 2.24) is 4.90 Å². The summed E-state index contributed by atoms with van der Waals surface area (Å²) in [5.74, 6) is -1.03. The minimum atomic E-state index is -0.803. The van der Waals surface area contributed by atoms with E-state index in [2.05, 4.69) is 0 Å². The van der Waals surface area contributed by atoms with Crippen LogP contribution in [0.4, 0.5) is 0 Å². The molecule has 2 amide bonds. The third-order valence-electron chi connectivity index (χ3n) is 4.30. The quantitative estimate of drug-likeness (QED) is 0.594. The molecular weight excluding hydrogens is 258 g/mol. The van der Waals surface area contributed by atoms with Crippen LogP contribution in [-0.2, 0) is 14.4 Å². The van der Waals surface area contributed by atoms with Crippen molar-refractivity contribution in [3.05, 3.63) is 12.2 Å². The van der Waals surface area contributed by atoms with Crippen LogP contribution in [0.5, 0.6) is 0 Å². The lowest BCUT2D eigenvalue weighted by atomic mass is 9.85. The fourth-order valence-corrected chi connectivity index (χ4v) is 2.95. The Kier molecular flexibility index (Phi) is 4.57. The van der Waals surface area contributed by atoms with E-state index in [1.807, 2.05) is 19.1 Å². The molecule has 2 rings (SSSR count). The third kappa shape index (κ3) is 3.08. The summed E-state index contributed by atoms with van der Waals surface area (Å²) < 4.78 is 0. The van der Waals surface area contributed by atoms with Gasteiger partial charge in [0, 0.05) is 13.0 Å². The Morgan fingerprint density at radius 3 is 2.30 bits per heavy atom. The van der Waals surface area contributed by atoms with Gasteiger partial charge < -0.3 is 5.11 Å². The lowest BCUT2D eigenvalue weighted by molar-refractivity contribution is -0.141. The number of likely N-dealkylation sites (tertiary alicyclic amines) is 1. The molecule has 1 saturated heterocycles. The average Bonchev–Trinajstić information content (AvgIpc) is 2.67. The van der Waals surface area contributed by atoms with Crippen molar-refractivity contribution >= 4 is 17.8 Å². The first-order chi connectivity index (χ1) is 9.50. The highest BCUT2D eigenvalue weighted by atomic mass is 16.4. The predicted molar refractivity (Wildman–Crippen MR) is 72.7 cm³/mol. The van der Waals surface area contributed by atoms with E-state index < -0.39 is 5.97 Å². The first-order valence-corrected chi connectivity index (χ1v) is 7.22. The molecule has 1 aliphatic heterocycles. The minimum absolute atomic E-state index is 0.0465. The summed E-state index contributed by atoms with van der Waals surface area (Å²) in [4.78, 5) is 36.3. The number of carboxylic acids is 1. The second kappa shape index (κ2) is 6.20. The van der Waals surface area contributed by atoms with Crippen molar-refractivity contribution in [1.29, 1.82) is 0 Å². The number of aliphatic carboxylic acids is 1. The predicted octanol–water partition coefficient (Wildman–Crippen LogP) is 1.83. The zero-order valence-electron chi connectivity index (χ0n) is 11.7. The lowest BCUT2D eigenvalue weighted by Gasteiger charge is -2.17. The Morgan fingerprint density at radius 1 is 1.25 bits per heavy atom. The SMILES string of the molecule is CC(CCC(=O)O)CCN1C(=O)[C@H]2CC=CC[C@H]2C1=O. The summed E-state index contributed by atoms with van der Waals surface area (Å²) in [5, 5.41) is 8.64. The number of carbonyl (C=O) groups excluding carboxylic acids is 2. The van der Waals surface area contributed by atoms with Crippen LogP contribution in [0.1, 0.15) is 39.0 Å². The molecule has 110 valence electrons. The molecule has 1 N–H and O–H groups in total. The van der Waals surface area contributed by atoms with Gasteiger partial charge in [-0.25, -0.2) is 0 Å². The first-order valence-electron chi connectivity index (χ1n) is 7.22. The van der Waals surface area contributed by atoms with Crippen LogP contribution in [0.25, 0.3) is 0 Å². The van der Waals surface area contributed by atoms with Gasteiger partial charge in [0.1, 0.15) is 0 Å². The van der Waals surface area contributed by atoms with Crippen LogP contribution in [0.2, 0.25) is 0 Å². The highest BCUT2D eigenvalue weighted by Gasteiger charge is 2.46. The number of hydrogen-bond acceptors (Lipinski definition) is 3. The molecular formula is C15H21NO4. The van der Waals surface area contributed by atoms with E-state index in [-0.39, 0.29) is 36.0 Å². The molecule has 2 aliphatic rings. The summed E-state index contributed by atoms with van der Waals surface area (Å²) in [6, 6.07) is 0. The first kappa shape index (κ1) is 14.8. The van der Waals surface area contributed by atoms with Crippen LogP contribution in [0, 0.1) is 17.8 Å². The Balaban J connectivity index is 1.86. The topological polar surface area (TPSA) is 74.7 Å². The molecule has 5 nitrogen and oxygen atoms in total. The normalized spacial score (nSPS) is 26.8. The Morgan fingerprint density at radius 2 is 1.80 bits per heavy atom. The number of rotatable bonds is 6. The lowest BCUT2D eigenvalue weighted by Crippen LogP contribution is -2.32. The molecule has 20 heavy (non-hydrogen) atoms. The molecule has 1 aliphatic carbocycles. The van der Waals surface area contributed by atoms with Gasteiger partial charge in [0.15, 0.2) is 0 Å². The molecule has 0 radical (unpaired) electrons. The maximum absolute atomic E-state index is 12.2. The van der Waals surface area contributed by atoms with Gasteiger partial charge in [-0.2, -0.15) is 0 Å². The van der Waals surface area contributed by atoms with E-state index in [4.69, 9.17) is 5.11 Å². The molecule has 0 aromatic rings. The number of allylic oxidation sites excluding steroid dienone is 2. The van der Waals surface area contributed by atoms with Gasteiger partial charge in [0.05, 0.1) is 11.8 Å². The maximum Gasteiger partial charge on any atom is 0.303 e. The van der Waals surface area contributed by atoms with Crippen molar-refractivity contribution in [2.75, 3.05) is 6.54 Å². The zero-order chi connectivity index (χ0) is 14.7. The Labute approximate surface area is 118 Å². The van der Waals surface area contributed by atoms with Gasteiger partial charge in [-0.1, -0.05) is 19.1 Å². The molecule has 0 aromatic carbocycles. The monoisotopic (exact) mass is 279 g/mol. The maximum atomic E-state index is 12.2. The second-order valence-corrected chi connectivity index (χ2v) is 5.81. The Hall–Kier alpha value is -1.65. The number of carboxylic acid groups (broad SMARTS) is 1. The van der Waals surface area contributed by atoms with Crippen molar-refractivity contribution in [2.45, 2.75) is 39.0 Å². The number of carbonyl (C=O) groups is 3. The fraction of sp³-hybridized carbons (Fsp3) is 0.667. The van der Waals surface area contributed by atoms with Crippen molar-refractivity contribution in [3.8, 4) is 0 Å². The van der Waals surface area contributed by atoms with Crippen molar-refractivity contribution < 1.29 is 19.5 Å². The number of amides is 2. The van der Waals surface area contributed by atoms with Gasteiger partial charge in [-0.3, -0.25) is 19.3 Å². The van der Waals surface area contributed by atoms with E-state index in [1.165, 1.54) is 4.90 Å². The van der Waals surface area contributed by atoms with Crippen LogP contribution in [0.3, 0.4) is 0 Å². The van der Waals surface area contributed by atoms with E-state index in [0.29, 0.717) is 32.2 Å². The van der Waals surface area contributed by atoms with E-state index in [1.54, 1.807) is 0 Å². The molecule has 0 saturated carbocycles. The van der Waals surface area contributed by atoms with Crippen LogP contribution in [0.15, 0.2) is 12.2 Å². The summed E-state index contributed by atoms with van der Waals surface area (Å²) in [6.45, 7) is 2.38. The second-order valence-electron chi connectivity index (χ2n) is 5.81. The van der Waals surface area contributed by atoms with Gasteiger partial charge in [0.25, 0.3) is 0 Å². The smallest absolute Gasteiger partial charge is 0.303 e. The summed E-state index contributed by atoms with van der Waals surface area (Å²) in [6.07, 6.45) is 6.69. The van der Waals surface area contributed by atoms with E-state index in [9.17, 15) is 14.4 Å². The van der Waals surface area contributed by atoms with Gasteiger partial charge in [-0.05, 0) is 31.6 Å². The fourth-order valence-electron chi connectivity index (χ4n) is 2.95. The van der Waals surface area contributed by atoms with E-state index in [0.717, 1.165) is 0 Å². The third-order valence-corrected chi connectivity index (χ3v) is 4.30. The standard InChI is InChI=1S/C15H21NO4/c1-10(6-7-13(17)18)8-9-16-14(19)11-4-2-3-5-12(11)15(16)20/h2-3,10-12H,4-9H2,1H3,(H,17,18)/t10?,11-,12+. The zero-order valence-corrected chi connectivity index (χ0v) is 11.7. The molecule has 5 heteroatoms. The highest BCUT2D eigenvalue weighted by Crippen LogP contribution is 2.35. The van der Waals surface area contributed by atoms with Gasteiger partial charge in [0.2, 0.25) is 11.8 Å².